The van der Waals surface area contributed by atoms with Crippen molar-refractivity contribution in [2.45, 2.75) is 52.1 Å². The molecule has 0 aromatic heterocycles. The van der Waals surface area contributed by atoms with Crippen LogP contribution >= 0.6 is 0 Å². The zero-order valence-electron chi connectivity index (χ0n) is 13.4. The van der Waals surface area contributed by atoms with E-state index in [4.69, 9.17) is 0 Å². The highest BCUT2D eigenvalue weighted by Crippen LogP contribution is 2.21. The molecule has 2 heteroatoms. The van der Waals surface area contributed by atoms with Gasteiger partial charge in [-0.1, -0.05) is 49.4 Å². The van der Waals surface area contributed by atoms with Gasteiger partial charge < -0.3 is 5.32 Å². The number of fused-ring (bicyclic) bond motifs is 1. The number of benzene rings is 2. The molecule has 0 amide bonds. The molecule has 0 saturated heterocycles. The minimum Gasteiger partial charge on any atom is -0.302 e. The molecule has 0 radical (unpaired) electrons. The molecule has 0 aliphatic heterocycles. The molecular weight excluding hydrogens is 258 g/mol. The molecule has 1 atom stereocenters. The van der Waals surface area contributed by atoms with Crippen LogP contribution in [0.2, 0.25) is 0 Å². The van der Waals surface area contributed by atoms with Crippen LogP contribution in [-0.4, -0.2) is 17.4 Å². The van der Waals surface area contributed by atoms with Gasteiger partial charge in [0.15, 0.2) is 0 Å². The number of hydrogen-bond acceptors (Lipinski definition) is 2. The van der Waals surface area contributed by atoms with Crippen LogP contribution in [0, 0.1) is 0 Å². The van der Waals surface area contributed by atoms with Gasteiger partial charge in [-0.2, -0.15) is 0 Å². The van der Waals surface area contributed by atoms with Crippen molar-refractivity contribution in [2.24, 2.45) is 0 Å². The number of ketones is 1. The average Bonchev–Trinajstić information content (AvgIpc) is 2.44. The third kappa shape index (κ3) is 4.15. The first kappa shape index (κ1) is 15.7. The molecule has 0 fully saturated rings. The van der Waals surface area contributed by atoms with Crippen molar-refractivity contribution in [2.75, 3.05) is 0 Å². The highest BCUT2D eigenvalue weighted by molar-refractivity contribution is 5.88. The summed E-state index contributed by atoms with van der Waals surface area (Å²) in [6.45, 7) is 8.24. The molecule has 0 unspecified atom stereocenters. The number of carbonyl (C=O) groups excluding carboxylic acids is 1. The lowest BCUT2D eigenvalue weighted by Crippen LogP contribution is -2.48. The summed E-state index contributed by atoms with van der Waals surface area (Å²) in [5, 5.41) is 5.94. The maximum Gasteiger partial charge on any atom is 0.149 e. The van der Waals surface area contributed by atoms with E-state index in [1.165, 1.54) is 16.3 Å². The first-order valence-corrected chi connectivity index (χ1v) is 7.68. The Morgan fingerprint density at radius 2 is 1.81 bits per heavy atom. The van der Waals surface area contributed by atoms with Gasteiger partial charge in [0.25, 0.3) is 0 Å². The van der Waals surface area contributed by atoms with Gasteiger partial charge in [0.05, 0.1) is 6.04 Å². The molecule has 0 aliphatic carbocycles. The Bertz CT molecular complexity index is 625. The molecule has 2 aromatic carbocycles. The summed E-state index contributed by atoms with van der Waals surface area (Å²) in [4.78, 5) is 12.3. The fraction of sp³-hybridized carbons (Fsp3) is 0.421. The Balaban J connectivity index is 0.00000242. The van der Waals surface area contributed by atoms with E-state index in [0.717, 1.165) is 6.42 Å². The summed E-state index contributed by atoms with van der Waals surface area (Å²) < 4.78 is 0. The Morgan fingerprint density at radius 1 is 1.14 bits per heavy atom. The van der Waals surface area contributed by atoms with Crippen molar-refractivity contribution < 1.29 is 6.22 Å². The van der Waals surface area contributed by atoms with Gasteiger partial charge in [-0.3, -0.25) is 4.79 Å². The van der Waals surface area contributed by atoms with Crippen LogP contribution in [0.25, 0.3) is 10.8 Å². The van der Waals surface area contributed by atoms with Crippen LogP contribution in [0.3, 0.4) is 0 Å². The van der Waals surface area contributed by atoms with Crippen molar-refractivity contribution in [3.63, 3.8) is 0 Å². The predicted octanol–water partition coefficient (Wildman–Crippen LogP) is 4.36. The summed E-state index contributed by atoms with van der Waals surface area (Å²) in [5.41, 5.74) is 1.16. The zero-order valence-corrected chi connectivity index (χ0v) is 13.4. The third-order valence-corrected chi connectivity index (χ3v) is 3.65. The fourth-order valence-corrected chi connectivity index (χ4v) is 2.70. The number of hydrogen-bond donors (Lipinski definition) is 1. The second kappa shape index (κ2) is 6.40. The third-order valence-electron chi connectivity index (χ3n) is 3.65. The first-order valence-electron chi connectivity index (χ1n) is 7.68. The maximum atomic E-state index is 12.3. The van der Waals surface area contributed by atoms with Crippen LogP contribution in [0.5, 0.6) is 0 Å². The van der Waals surface area contributed by atoms with E-state index < -0.39 is 0 Å². The lowest BCUT2D eigenvalue weighted by atomic mass is 9.94. The zero-order chi connectivity index (χ0) is 15.5. The van der Waals surface area contributed by atoms with Crippen molar-refractivity contribution in [1.82, 2.24) is 5.32 Å². The minimum absolute atomic E-state index is 0. The maximum absolute atomic E-state index is 12.3. The molecule has 0 bridgehead atoms. The number of Topliss-reactive ketones (excluding diaryl/α,β-unsaturated/α-hetero) is 1. The quantitative estimate of drug-likeness (QED) is 0.884. The van der Waals surface area contributed by atoms with Crippen LogP contribution in [0.1, 0.15) is 41.1 Å². The number of rotatable bonds is 5. The highest BCUT2D eigenvalue weighted by atomic mass is 16.1. The van der Waals surface area contributed by atoms with Crippen LogP contribution in [-0.2, 0) is 11.2 Å². The van der Waals surface area contributed by atoms with Gasteiger partial charge in [-0.15, -0.1) is 0 Å². The topological polar surface area (TPSA) is 29.1 Å². The molecule has 1 N–H and O–H groups in total. The summed E-state index contributed by atoms with van der Waals surface area (Å²) in [7, 11) is 0. The van der Waals surface area contributed by atoms with E-state index in [0.29, 0.717) is 6.42 Å². The smallest absolute Gasteiger partial charge is 0.149 e. The van der Waals surface area contributed by atoms with E-state index in [1.54, 1.807) is 0 Å². The van der Waals surface area contributed by atoms with Crippen molar-refractivity contribution in [3.05, 3.63) is 48.0 Å². The van der Waals surface area contributed by atoms with Gasteiger partial charge in [0, 0.05) is 13.4 Å². The molecule has 0 spiro atoms. The molecule has 2 rings (SSSR count). The van der Waals surface area contributed by atoms with Crippen molar-refractivity contribution >= 4 is 16.6 Å². The Morgan fingerprint density at radius 3 is 2.48 bits per heavy atom. The molecule has 114 valence electrons. The summed E-state index contributed by atoms with van der Waals surface area (Å²) in [5.74, 6) is 0.276. The van der Waals surface area contributed by atoms with Gasteiger partial charge in [0.2, 0.25) is 0 Å². The summed E-state index contributed by atoms with van der Waals surface area (Å²) in [6.07, 6.45) is 1.31. The van der Waals surface area contributed by atoms with E-state index in [2.05, 4.69) is 62.5 Å². The fourth-order valence-electron chi connectivity index (χ4n) is 2.70. The van der Waals surface area contributed by atoms with Gasteiger partial charge >= 0.3 is 0 Å². The first-order chi connectivity index (χ1) is 9.90. The predicted molar refractivity (Wildman–Crippen MR) is 91.7 cm³/mol. The molecular formula is C19H27NO. The highest BCUT2D eigenvalue weighted by Gasteiger charge is 2.23. The lowest BCUT2D eigenvalue weighted by Gasteiger charge is -2.28. The molecule has 2 aromatic rings. The molecule has 2 nitrogen and oxygen atoms in total. The van der Waals surface area contributed by atoms with E-state index in [1.807, 2.05) is 13.0 Å². The second-order valence-corrected chi connectivity index (χ2v) is 6.61. The Labute approximate surface area is 129 Å². The number of carbonyl (C=O) groups is 1. The van der Waals surface area contributed by atoms with Crippen molar-refractivity contribution in [3.8, 4) is 0 Å². The Hall–Kier alpha value is -1.67. The van der Waals surface area contributed by atoms with E-state index in [-0.39, 0.29) is 18.8 Å². The lowest BCUT2D eigenvalue weighted by molar-refractivity contribution is -0.121. The van der Waals surface area contributed by atoms with Gasteiger partial charge in [-0.25, -0.2) is 0 Å². The van der Waals surface area contributed by atoms with Crippen LogP contribution in [0.4, 0.5) is 0 Å². The van der Waals surface area contributed by atoms with Crippen LogP contribution < -0.4 is 5.32 Å². The average molecular weight is 285 g/mol. The molecule has 0 heterocycles. The summed E-state index contributed by atoms with van der Waals surface area (Å²) in [6, 6.07) is 14.5. The van der Waals surface area contributed by atoms with Gasteiger partial charge in [-0.05, 0) is 43.5 Å². The molecule has 21 heavy (non-hydrogen) atoms. The Kier molecular flexibility index (Phi) is 4.79. The monoisotopic (exact) mass is 285 g/mol. The summed E-state index contributed by atoms with van der Waals surface area (Å²) >= 11 is 0. The van der Waals surface area contributed by atoms with E-state index >= 15 is 0 Å². The van der Waals surface area contributed by atoms with Crippen LogP contribution in [0.15, 0.2) is 42.5 Å². The van der Waals surface area contributed by atoms with Crippen molar-refractivity contribution in [1.29, 1.82) is 0 Å². The minimum atomic E-state index is -0.124. The SMILES string of the molecule is CCC(=O)[C@@H](Cc1cccc2ccccc12)NC(C)(C)C.[HH]. The van der Waals surface area contributed by atoms with E-state index in [9.17, 15) is 4.79 Å². The normalized spacial score (nSPS) is 13.3. The second-order valence-electron chi connectivity index (χ2n) is 6.61. The van der Waals surface area contributed by atoms with Gasteiger partial charge in [0.1, 0.15) is 5.78 Å². The molecule has 0 saturated carbocycles. The standard InChI is InChI=1S/C19H25NO.H2/c1-5-18(21)17(20-19(2,3)4)13-15-11-8-10-14-9-6-7-12-16(14)15;/h6-12,17,20H,5,13H2,1-4H3;1H/t17-;/m1./s1. The number of nitrogens with one attached hydrogen (secondary N) is 1. The largest absolute Gasteiger partial charge is 0.302 e. The molecule has 0 aliphatic rings.